The van der Waals surface area contributed by atoms with Gasteiger partial charge in [-0.05, 0) is 68.9 Å². The van der Waals surface area contributed by atoms with Gasteiger partial charge in [-0.3, -0.25) is 4.79 Å². The largest absolute Gasteiger partial charge is 0.300 e. The molecule has 2 nitrogen and oxygen atoms in total. The first-order valence-electron chi connectivity index (χ1n) is 13.8. The van der Waals surface area contributed by atoms with E-state index in [4.69, 9.17) is 0 Å². The van der Waals surface area contributed by atoms with E-state index in [-0.39, 0.29) is 5.78 Å². The number of hydrogen-bond donors (Lipinski definition) is 0. The number of carbonyl (C=O) groups excluding carboxylic acids is 2. The van der Waals surface area contributed by atoms with E-state index in [2.05, 4.69) is 86.6 Å². The molecule has 0 bridgehead atoms. The maximum atomic E-state index is 11.9. The summed E-state index contributed by atoms with van der Waals surface area (Å²) in [7, 11) is 0. The molecule has 0 spiro atoms. The number of fused-ring (bicyclic) bond motifs is 1. The van der Waals surface area contributed by atoms with Crippen LogP contribution in [0.15, 0.2) is 30.3 Å². The Bertz CT molecular complexity index is 823. The van der Waals surface area contributed by atoms with Crippen LogP contribution < -0.4 is 0 Å². The zero-order chi connectivity index (χ0) is 28.0. The summed E-state index contributed by atoms with van der Waals surface area (Å²) in [6, 6.07) is 10.6. The summed E-state index contributed by atoms with van der Waals surface area (Å²) in [5.41, 5.74) is 8.55. The maximum absolute atomic E-state index is 11.9. The number of benzene rings is 2. The fraction of sp³-hybridized carbons (Fsp3) is 0.576. The summed E-state index contributed by atoms with van der Waals surface area (Å²) in [5.74, 6) is 0.460. The maximum Gasteiger partial charge on any atom is 0.163 e. The molecule has 0 atom stereocenters. The van der Waals surface area contributed by atoms with Crippen LogP contribution in [0.1, 0.15) is 134 Å². The van der Waals surface area contributed by atoms with Crippen molar-refractivity contribution in [2.24, 2.45) is 0 Å². The van der Waals surface area contributed by atoms with Crippen molar-refractivity contribution in [1.82, 2.24) is 0 Å². The number of unbranched alkanes of at least 4 members (excludes halogenated alkanes) is 1. The number of Topliss-reactive ketones (excluding diaryl/α,β-unsaturated/α-hetero) is 2. The van der Waals surface area contributed by atoms with Crippen molar-refractivity contribution in [2.45, 2.75) is 129 Å². The second-order valence-corrected chi connectivity index (χ2v) is 8.85. The molecule has 0 unspecified atom stereocenters. The third-order valence-electron chi connectivity index (χ3n) is 4.59. The molecule has 0 saturated carbocycles. The fourth-order valence-electron chi connectivity index (χ4n) is 3.04. The summed E-state index contributed by atoms with van der Waals surface area (Å²) in [5, 5.41) is 0. The standard InChI is InChI=1S/C18H18O.C4H10.C3H6O.2C3H8.C2H6/c1-11-4-5-12(2)16(10-11)18-13(3)6-7-14-15(18)8-9-17(14)19;1-3-4-2;1-3(2)4;2*1-3-2;1-2/h4-7,10H,8-9H2,1-3H3;3-4H2,1-2H3;1-2H3;2*3H2,1-2H3;1-2H3. The molecule has 0 N–H and O–H groups in total. The Kier molecular flexibility index (Phi) is 25.1. The van der Waals surface area contributed by atoms with Crippen LogP contribution in [0.5, 0.6) is 0 Å². The van der Waals surface area contributed by atoms with Crippen molar-refractivity contribution in [3.8, 4) is 11.1 Å². The third kappa shape index (κ3) is 16.1. The summed E-state index contributed by atoms with van der Waals surface area (Å²) in [6.45, 7) is 26.3. The van der Waals surface area contributed by atoms with Gasteiger partial charge in [-0.1, -0.05) is 117 Å². The van der Waals surface area contributed by atoms with Gasteiger partial charge < -0.3 is 4.79 Å². The summed E-state index contributed by atoms with van der Waals surface area (Å²) < 4.78 is 0. The molecule has 0 radical (unpaired) electrons. The molecule has 1 aliphatic carbocycles. The molecule has 35 heavy (non-hydrogen) atoms. The summed E-state index contributed by atoms with van der Waals surface area (Å²) >= 11 is 0. The van der Waals surface area contributed by atoms with Gasteiger partial charge in [-0.2, -0.15) is 0 Å². The van der Waals surface area contributed by atoms with Gasteiger partial charge in [0, 0.05) is 12.0 Å². The second-order valence-electron chi connectivity index (χ2n) is 8.85. The van der Waals surface area contributed by atoms with Crippen LogP contribution >= 0.6 is 0 Å². The first kappa shape index (κ1) is 37.3. The predicted molar refractivity (Wildman–Crippen MR) is 159 cm³/mol. The van der Waals surface area contributed by atoms with Crippen molar-refractivity contribution < 1.29 is 9.59 Å². The van der Waals surface area contributed by atoms with Crippen LogP contribution in [-0.2, 0) is 11.2 Å². The highest BCUT2D eigenvalue weighted by Crippen LogP contribution is 2.36. The predicted octanol–water partition coefficient (Wildman–Crippen LogP) is 10.7. The smallest absolute Gasteiger partial charge is 0.163 e. The lowest BCUT2D eigenvalue weighted by Crippen LogP contribution is -1.97. The fourth-order valence-corrected chi connectivity index (χ4v) is 3.04. The average molecular weight is 485 g/mol. The van der Waals surface area contributed by atoms with Crippen molar-refractivity contribution >= 4 is 11.6 Å². The Labute approximate surface area is 218 Å². The molecule has 0 fully saturated rings. The van der Waals surface area contributed by atoms with Crippen LogP contribution in [0.3, 0.4) is 0 Å². The van der Waals surface area contributed by atoms with Crippen molar-refractivity contribution in [3.05, 3.63) is 58.1 Å². The van der Waals surface area contributed by atoms with Gasteiger partial charge in [0.1, 0.15) is 5.78 Å². The average Bonchev–Trinajstić information content (AvgIpc) is 3.18. The zero-order valence-electron chi connectivity index (χ0n) is 25.4. The lowest BCUT2D eigenvalue weighted by atomic mass is 9.89. The quantitative estimate of drug-likeness (QED) is 0.424. The molecule has 3 rings (SSSR count). The minimum absolute atomic E-state index is 0.167. The number of hydrogen-bond acceptors (Lipinski definition) is 2. The summed E-state index contributed by atoms with van der Waals surface area (Å²) in [4.78, 5) is 21.4. The number of carbonyl (C=O) groups is 2. The topological polar surface area (TPSA) is 34.1 Å². The molecule has 0 aliphatic heterocycles. The molecule has 2 heteroatoms. The molecular formula is C33H56O2. The lowest BCUT2D eigenvalue weighted by molar-refractivity contribution is -0.115. The molecule has 0 heterocycles. The first-order valence-corrected chi connectivity index (χ1v) is 13.8. The van der Waals surface area contributed by atoms with E-state index in [1.807, 2.05) is 19.9 Å². The van der Waals surface area contributed by atoms with Gasteiger partial charge in [0.05, 0.1) is 0 Å². The summed E-state index contributed by atoms with van der Waals surface area (Å²) in [6.07, 6.45) is 6.69. The van der Waals surface area contributed by atoms with E-state index >= 15 is 0 Å². The minimum atomic E-state index is 0.167. The number of rotatable bonds is 2. The molecule has 0 aromatic heterocycles. The van der Waals surface area contributed by atoms with Crippen LogP contribution in [0.25, 0.3) is 11.1 Å². The number of aryl methyl sites for hydroxylation is 3. The monoisotopic (exact) mass is 484 g/mol. The Morgan fingerprint density at radius 3 is 1.57 bits per heavy atom. The molecule has 0 amide bonds. The van der Waals surface area contributed by atoms with E-state index in [1.54, 1.807) is 0 Å². The van der Waals surface area contributed by atoms with Crippen molar-refractivity contribution in [1.29, 1.82) is 0 Å². The molecule has 0 saturated heterocycles. The molecular weight excluding hydrogens is 428 g/mol. The van der Waals surface area contributed by atoms with Gasteiger partial charge in [-0.25, -0.2) is 0 Å². The van der Waals surface area contributed by atoms with Crippen molar-refractivity contribution in [2.75, 3.05) is 0 Å². The normalized spacial score (nSPS) is 10.3. The Hall–Kier alpha value is -2.22. The van der Waals surface area contributed by atoms with E-state index in [1.165, 1.54) is 72.9 Å². The van der Waals surface area contributed by atoms with Gasteiger partial charge in [0.25, 0.3) is 0 Å². The lowest BCUT2D eigenvalue weighted by Gasteiger charge is -2.15. The van der Waals surface area contributed by atoms with Crippen LogP contribution in [-0.4, -0.2) is 11.6 Å². The van der Waals surface area contributed by atoms with E-state index in [9.17, 15) is 9.59 Å². The zero-order valence-corrected chi connectivity index (χ0v) is 25.4. The van der Waals surface area contributed by atoms with Crippen molar-refractivity contribution in [3.63, 3.8) is 0 Å². The molecule has 2 aromatic rings. The molecule has 200 valence electrons. The van der Waals surface area contributed by atoms with Gasteiger partial charge in [0.2, 0.25) is 0 Å². The highest BCUT2D eigenvalue weighted by molar-refractivity contribution is 6.03. The Balaban J connectivity index is -0.000000532. The SMILES string of the molecule is CC.CC(C)=O.CCC.CCC.CCCC.Cc1ccc(C)c(-c2c(C)ccc3c2CCC3=O)c1. The Morgan fingerprint density at radius 1 is 0.714 bits per heavy atom. The second kappa shape index (κ2) is 23.5. The first-order chi connectivity index (χ1) is 16.6. The van der Waals surface area contributed by atoms with E-state index < -0.39 is 0 Å². The van der Waals surface area contributed by atoms with E-state index in [0.29, 0.717) is 12.2 Å². The molecule has 1 aliphatic rings. The highest BCUT2D eigenvalue weighted by atomic mass is 16.1. The minimum Gasteiger partial charge on any atom is -0.300 e. The van der Waals surface area contributed by atoms with Gasteiger partial charge >= 0.3 is 0 Å². The number of ketones is 2. The molecule has 2 aromatic carbocycles. The van der Waals surface area contributed by atoms with Gasteiger partial charge in [-0.15, -0.1) is 0 Å². The van der Waals surface area contributed by atoms with Gasteiger partial charge in [0.15, 0.2) is 5.78 Å². The third-order valence-corrected chi connectivity index (χ3v) is 4.59. The highest BCUT2D eigenvalue weighted by Gasteiger charge is 2.24. The van der Waals surface area contributed by atoms with Crippen LogP contribution in [0.2, 0.25) is 0 Å². The van der Waals surface area contributed by atoms with Crippen LogP contribution in [0, 0.1) is 20.8 Å². The van der Waals surface area contributed by atoms with Crippen LogP contribution in [0.4, 0.5) is 0 Å². The Morgan fingerprint density at radius 2 is 1.14 bits per heavy atom. The van der Waals surface area contributed by atoms with E-state index in [0.717, 1.165) is 12.0 Å².